The highest BCUT2D eigenvalue weighted by Gasteiger charge is 2.86. The van der Waals surface area contributed by atoms with E-state index in [1.54, 1.807) is 12.1 Å². The number of benzene rings is 1. The van der Waals surface area contributed by atoms with E-state index in [9.17, 15) is 14.3 Å². The smallest absolute Gasteiger partial charge is 0.232 e. The van der Waals surface area contributed by atoms with Crippen molar-refractivity contribution < 1.29 is 14.3 Å². The van der Waals surface area contributed by atoms with Crippen LogP contribution in [0.2, 0.25) is 5.02 Å². The van der Waals surface area contributed by atoms with Crippen molar-refractivity contribution in [3.63, 3.8) is 0 Å². The summed E-state index contributed by atoms with van der Waals surface area (Å²) in [4.78, 5) is 26.6. The molecule has 40 heavy (non-hydrogen) atoms. The highest BCUT2D eigenvalue weighted by molar-refractivity contribution is 7.99. The first kappa shape index (κ1) is 27.3. The molecule has 3 N–H and O–H groups in total. The number of hydrogen-bond donors (Lipinski definition) is 3. The molecular formula is C27H30ClFN8O2S. The van der Waals surface area contributed by atoms with E-state index in [2.05, 4.69) is 47.6 Å². The van der Waals surface area contributed by atoms with Gasteiger partial charge in [-0.2, -0.15) is 0 Å². The van der Waals surface area contributed by atoms with Gasteiger partial charge in [-0.1, -0.05) is 11.6 Å². The normalized spacial score (nSPS) is 23.9. The summed E-state index contributed by atoms with van der Waals surface area (Å²) in [6.07, 6.45) is 3.22. The SMILES string of the molecule is CN1CCN(CC23CC2(C(=O)Nc2cc(Nc4cc(-c5cc(Cl)ccc5F)nnc4SCCO)ncn2)C3)CC1. The summed E-state index contributed by atoms with van der Waals surface area (Å²) in [7, 11) is 2.14. The van der Waals surface area contributed by atoms with Gasteiger partial charge in [0.2, 0.25) is 5.91 Å². The van der Waals surface area contributed by atoms with Gasteiger partial charge in [-0.15, -0.1) is 22.0 Å². The summed E-state index contributed by atoms with van der Waals surface area (Å²) in [6, 6.07) is 7.54. The lowest BCUT2D eigenvalue weighted by molar-refractivity contribution is -0.119. The van der Waals surface area contributed by atoms with Crippen LogP contribution in [0.5, 0.6) is 0 Å². The van der Waals surface area contributed by atoms with Gasteiger partial charge in [0.15, 0.2) is 0 Å². The van der Waals surface area contributed by atoms with Gasteiger partial charge in [0.1, 0.15) is 28.8 Å². The molecule has 0 radical (unpaired) electrons. The van der Waals surface area contributed by atoms with Crippen molar-refractivity contribution in [3.05, 3.63) is 47.5 Å². The fourth-order valence-corrected chi connectivity index (χ4v) is 6.35. The molecule has 6 rings (SSSR count). The van der Waals surface area contributed by atoms with E-state index in [-0.39, 0.29) is 34.6 Å². The molecule has 1 aliphatic heterocycles. The maximum absolute atomic E-state index is 14.5. The van der Waals surface area contributed by atoms with Crippen LogP contribution in [-0.4, -0.2) is 93.1 Å². The predicted octanol–water partition coefficient (Wildman–Crippen LogP) is 3.52. The number of aliphatic hydroxyl groups excluding tert-OH is 1. The average molecular weight is 585 g/mol. The van der Waals surface area contributed by atoms with Crippen LogP contribution in [0, 0.1) is 16.6 Å². The van der Waals surface area contributed by atoms with E-state index >= 15 is 0 Å². The summed E-state index contributed by atoms with van der Waals surface area (Å²) >= 11 is 7.38. The predicted molar refractivity (Wildman–Crippen MR) is 152 cm³/mol. The summed E-state index contributed by atoms with van der Waals surface area (Å²) in [6.45, 7) is 5.15. The van der Waals surface area contributed by atoms with Gasteiger partial charge in [-0.05, 0) is 49.6 Å². The van der Waals surface area contributed by atoms with Crippen LogP contribution in [0.25, 0.3) is 11.3 Å². The maximum Gasteiger partial charge on any atom is 0.232 e. The number of nitrogens with zero attached hydrogens (tertiary/aromatic N) is 6. The molecule has 1 saturated heterocycles. The van der Waals surface area contributed by atoms with Gasteiger partial charge in [0, 0.05) is 55.1 Å². The molecule has 210 valence electrons. The van der Waals surface area contributed by atoms with Crippen LogP contribution >= 0.6 is 23.4 Å². The molecule has 10 nitrogen and oxygen atoms in total. The Labute approximate surface area is 240 Å². The molecule has 0 bridgehead atoms. The molecule has 1 amide bonds. The lowest BCUT2D eigenvalue weighted by Gasteiger charge is -2.33. The number of likely N-dealkylation sites (N-methyl/N-ethyl adjacent to an activating group) is 1. The first-order chi connectivity index (χ1) is 19.3. The van der Waals surface area contributed by atoms with Gasteiger partial charge in [-0.25, -0.2) is 14.4 Å². The van der Waals surface area contributed by atoms with Gasteiger partial charge in [0.25, 0.3) is 0 Å². The second kappa shape index (κ2) is 10.8. The van der Waals surface area contributed by atoms with Crippen LogP contribution in [-0.2, 0) is 4.79 Å². The van der Waals surface area contributed by atoms with Crippen molar-refractivity contribution in [2.45, 2.75) is 17.9 Å². The second-order valence-corrected chi connectivity index (χ2v) is 12.3. The number of anilines is 3. The number of fused-ring (bicyclic) bond motifs is 1. The zero-order chi connectivity index (χ0) is 27.9. The van der Waals surface area contributed by atoms with E-state index in [1.807, 2.05) is 0 Å². The first-order valence-corrected chi connectivity index (χ1v) is 14.6. The summed E-state index contributed by atoms with van der Waals surface area (Å²) in [5.41, 5.74) is 0.845. The Bertz CT molecular complexity index is 1430. The van der Waals surface area contributed by atoms with Gasteiger partial charge < -0.3 is 25.5 Å². The molecule has 0 atom stereocenters. The van der Waals surface area contributed by atoms with Gasteiger partial charge in [-0.3, -0.25) is 4.79 Å². The Kier molecular flexibility index (Phi) is 7.38. The highest BCUT2D eigenvalue weighted by Crippen LogP contribution is 2.86. The number of carbonyl (C=O) groups is 1. The third kappa shape index (κ3) is 5.38. The molecular weight excluding hydrogens is 555 g/mol. The van der Waals surface area contributed by atoms with Crippen LogP contribution in [0.4, 0.5) is 21.7 Å². The van der Waals surface area contributed by atoms with E-state index in [0.717, 1.165) is 45.6 Å². The zero-order valence-electron chi connectivity index (χ0n) is 22.0. The third-order valence-corrected chi connectivity index (χ3v) is 9.26. The largest absolute Gasteiger partial charge is 0.396 e. The van der Waals surface area contributed by atoms with Crippen LogP contribution < -0.4 is 10.6 Å². The van der Waals surface area contributed by atoms with E-state index in [0.29, 0.717) is 33.1 Å². The number of carbonyl (C=O) groups excluding carboxylic acids is 1. The topological polar surface area (TPSA) is 119 Å². The van der Waals surface area contributed by atoms with Crippen LogP contribution in [0.1, 0.15) is 12.8 Å². The number of thioether (sulfide) groups is 1. The van der Waals surface area contributed by atoms with E-state index in [1.165, 1.54) is 36.3 Å². The highest BCUT2D eigenvalue weighted by atomic mass is 35.5. The molecule has 3 aromatic rings. The standard InChI is InChI=1S/C27H30ClFN8O2S/c1-36-4-6-37(7-5-36)15-26-13-27(26,14-26)25(39)33-23-12-22(30-16-31-23)32-21-11-20(34-35-24(21)40-9-8-38)18-10-17(28)2-3-19(18)29/h2-3,10-12,16,38H,4-9,13-15H2,1H3,(H2,30,31,32,33,34,39). The fourth-order valence-electron chi connectivity index (χ4n) is 5.53. The van der Waals surface area contributed by atoms with Gasteiger partial charge >= 0.3 is 0 Å². The van der Waals surface area contributed by atoms with Crippen LogP contribution in [0.15, 0.2) is 41.7 Å². The van der Waals surface area contributed by atoms with Crippen molar-refractivity contribution in [3.8, 4) is 11.3 Å². The average Bonchev–Trinajstić information content (AvgIpc) is 3.78. The van der Waals surface area contributed by atoms with Crippen molar-refractivity contribution in [2.24, 2.45) is 10.8 Å². The number of hydrogen-bond acceptors (Lipinski definition) is 10. The fraction of sp³-hybridized carbons (Fsp3) is 0.444. The van der Waals surface area contributed by atoms with Crippen molar-refractivity contribution in [1.29, 1.82) is 0 Å². The number of rotatable bonds is 10. The minimum absolute atomic E-state index is 0.00904. The monoisotopic (exact) mass is 584 g/mol. The molecule has 3 fully saturated rings. The van der Waals surface area contributed by atoms with Crippen molar-refractivity contribution in [1.82, 2.24) is 30.0 Å². The molecule has 0 spiro atoms. The number of halogens is 2. The Morgan fingerprint density at radius 3 is 2.67 bits per heavy atom. The molecule has 1 aromatic carbocycles. The molecule has 2 aliphatic carbocycles. The van der Waals surface area contributed by atoms with E-state index in [4.69, 9.17) is 11.6 Å². The Hall–Kier alpha value is -2.90. The number of nitrogens with one attached hydrogen (secondary N) is 2. The summed E-state index contributed by atoms with van der Waals surface area (Å²) < 4.78 is 14.5. The number of amides is 1. The number of aromatic nitrogens is 4. The maximum atomic E-state index is 14.5. The number of piperazine rings is 1. The van der Waals surface area contributed by atoms with Crippen molar-refractivity contribution >= 4 is 46.6 Å². The molecule has 3 aliphatic rings. The quantitative estimate of drug-likeness (QED) is 0.305. The minimum Gasteiger partial charge on any atom is -0.396 e. The Morgan fingerprint density at radius 2 is 1.90 bits per heavy atom. The molecule has 2 saturated carbocycles. The lowest BCUT2D eigenvalue weighted by Crippen LogP contribution is -2.45. The van der Waals surface area contributed by atoms with Gasteiger partial charge in [0.05, 0.1) is 23.4 Å². The van der Waals surface area contributed by atoms with Crippen molar-refractivity contribution in [2.75, 3.05) is 62.8 Å². The number of aliphatic hydroxyl groups is 1. The summed E-state index contributed by atoms with van der Waals surface area (Å²) in [5.74, 6) is 0.758. The van der Waals surface area contributed by atoms with Crippen LogP contribution in [0.3, 0.4) is 0 Å². The molecule has 2 aromatic heterocycles. The third-order valence-electron chi connectivity index (χ3n) is 8.07. The first-order valence-electron chi connectivity index (χ1n) is 13.2. The Balaban J connectivity index is 1.16. The Morgan fingerprint density at radius 1 is 1.12 bits per heavy atom. The molecule has 13 heteroatoms. The second-order valence-electron chi connectivity index (χ2n) is 10.8. The van der Waals surface area contributed by atoms with E-state index < -0.39 is 5.82 Å². The molecule has 3 heterocycles. The summed E-state index contributed by atoms with van der Waals surface area (Å²) in [5, 5.41) is 24.8. The molecule has 0 unspecified atom stereocenters. The zero-order valence-corrected chi connectivity index (χ0v) is 23.6. The lowest BCUT2D eigenvalue weighted by atomic mass is 10.1. The minimum atomic E-state index is -0.476.